The van der Waals surface area contributed by atoms with Crippen LogP contribution < -0.4 is 16.5 Å². The SMILES string of the molecule is C[C@](O)([C@H](NC(=O)c1ccc(C#CC#CC2CC2CC(N)=O)cc1)C(=O)NO)C(F)(F)F. The first kappa shape index (κ1) is 24.7. The predicted octanol–water partition coefficient (Wildman–Crippen LogP) is 0.470. The molecule has 1 fully saturated rings. The summed E-state index contributed by atoms with van der Waals surface area (Å²) in [6.45, 7) is 0.296. The molecule has 32 heavy (non-hydrogen) atoms. The maximum absolute atomic E-state index is 13.1. The van der Waals surface area contributed by atoms with Crippen LogP contribution in [0.2, 0.25) is 0 Å². The fraction of sp³-hybridized carbons (Fsp3) is 0.381. The number of nitrogens with two attached hydrogens (primary N) is 1. The number of benzene rings is 1. The van der Waals surface area contributed by atoms with E-state index in [2.05, 4.69) is 23.7 Å². The van der Waals surface area contributed by atoms with Crippen molar-refractivity contribution >= 4 is 17.7 Å². The monoisotopic (exact) mass is 451 g/mol. The number of hydrogen-bond donors (Lipinski definition) is 5. The number of carbonyl (C=O) groups is 3. The first-order valence-corrected chi connectivity index (χ1v) is 9.30. The lowest BCUT2D eigenvalue weighted by Gasteiger charge is -2.33. The molecular formula is C21H20F3N3O5. The minimum absolute atomic E-state index is 0.0841. The molecule has 0 aromatic heterocycles. The summed E-state index contributed by atoms with van der Waals surface area (Å²) < 4.78 is 39.2. The number of primary amides is 1. The number of amides is 3. The van der Waals surface area contributed by atoms with Gasteiger partial charge in [-0.2, -0.15) is 13.2 Å². The van der Waals surface area contributed by atoms with E-state index in [9.17, 15) is 32.7 Å². The lowest BCUT2D eigenvalue weighted by molar-refractivity contribution is -0.260. The van der Waals surface area contributed by atoms with Crippen molar-refractivity contribution in [1.29, 1.82) is 0 Å². The fourth-order valence-corrected chi connectivity index (χ4v) is 2.75. The molecule has 1 aromatic rings. The Morgan fingerprint density at radius 1 is 1.22 bits per heavy atom. The number of halogens is 3. The molecule has 6 N–H and O–H groups in total. The second-order valence-electron chi connectivity index (χ2n) is 7.40. The highest BCUT2D eigenvalue weighted by Crippen LogP contribution is 2.40. The zero-order valence-corrected chi connectivity index (χ0v) is 16.8. The van der Waals surface area contributed by atoms with Gasteiger partial charge in [0.15, 0.2) is 5.60 Å². The Morgan fingerprint density at radius 2 is 1.84 bits per heavy atom. The summed E-state index contributed by atoms with van der Waals surface area (Å²) in [5, 5.41) is 20.1. The molecular weight excluding hydrogens is 431 g/mol. The van der Waals surface area contributed by atoms with Gasteiger partial charge in [-0.25, -0.2) is 5.48 Å². The third-order valence-electron chi connectivity index (χ3n) is 4.84. The fourth-order valence-electron chi connectivity index (χ4n) is 2.75. The average molecular weight is 451 g/mol. The van der Waals surface area contributed by atoms with Crippen LogP contribution in [0, 0.1) is 35.5 Å². The summed E-state index contributed by atoms with van der Waals surface area (Å²) in [5.41, 5.74) is 2.82. The van der Waals surface area contributed by atoms with E-state index >= 15 is 0 Å². The van der Waals surface area contributed by atoms with E-state index in [4.69, 9.17) is 10.9 Å². The van der Waals surface area contributed by atoms with Crippen molar-refractivity contribution in [2.24, 2.45) is 17.6 Å². The maximum atomic E-state index is 13.1. The number of hydroxylamine groups is 1. The molecule has 2 unspecified atom stereocenters. The predicted molar refractivity (Wildman–Crippen MR) is 104 cm³/mol. The number of carbonyl (C=O) groups excluding carboxylic acids is 3. The minimum atomic E-state index is -5.27. The summed E-state index contributed by atoms with van der Waals surface area (Å²) in [4.78, 5) is 34.7. The van der Waals surface area contributed by atoms with Gasteiger partial charge in [0.2, 0.25) is 5.91 Å². The molecule has 8 nitrogen and oxygen atoms in total. The van der Waals surface area contributed by atoms with Crippen molar-refractivity contribution in [3.63, 3.8) is 0 Å². The first-order chi connectivity index (χ1) is 14.9. The molecule has 0 spiro atoms. The van der Waals surface area contributed by atoms with Crippen LogP contribution in [0.15, 0.2) is 24.3 Å². The van der Waals surface area contributed by atoms with Crippen LogP contribution in [-0.4, -0.2) is 45.9 Å². The van der Waals surface area contributed by atoms with Crippen molar-refractivity contribution in [2.75, 3.05) is 0 Å². The van der Waals surface area contributed by atoms with Crippen LogP contribution in [-0.2, 0) is 9.59 Å². The highest BCUT2D eigenvalue weighted by molar-refractivity contribution is 5.98. The highest BCUT2D eigenvalue weighted by atomic mass is 19.4. The molecule has 0 heterocycles. The van der Waals surface area contributed by atoms with Gasteiger partial charge in [-0.05, 0) is 55.4 Å². The van der Waals surface area contributed by atoms with Crippen LogP contribution in [0.1, 0.15) is 35.7 Å². The van der Waals surface area contributed by atoms with Crippen molar-refractivity contribution in [3.8, 4) is 23.7 Å². The smallest absolute Gasteiger partial charge is 0.379 e. The summed E-state index contributed by atoms with van der Waals surface area (Å²) in [6.07, 6.45) is -4.19. The van der Waals surface area contributed by atoms with Gasteiger partial charge in [-0.15, -0.1) is 0 Å². The number of rotatable bonds is 6. The van der Waals surface area contributed by atoms with E-state index in [1.165, 1.54) is 24.3 Å². The van der Waals surface area contributed by atoms with Crippen LogP contribution in [0.5, 0.6) is 0 Å². The standard InChI is InChI=1S/C21H20F3N3O5/c1-20(31,21(22,23)24)17(19(30)27-32)26-18(29)13-8-6-12(7-9-13)4-2-3-5-14-10-15(14)11-16(25)28/h6-9,14-15,17,31-32H,10-11H2,1H3,(H2,25,28)(H,26,29)(H,27,30)/t14?,15?,17-,20+/m1/s1. The quantitative estimate of drug-likeness (QED) is 0.243. The van der Waals surface area contributed by atoms with E-state index in [1.807, 2.05) is 0 Å². The topological polar surface area (TPSA) is 142 Å². The van der Waals surface area contributed by atoms with Gasteiger partial charge in [0.1, 0.15) is 6.04 Å². The molecule has 2 rings (SSSR count). The number of alkyl halides is 3. The maximum Gasteiger partial charge on any atom is 0.419 e. The van der Waals surface area contributed by atoms with E-state index in [1.54, 1.807) is 5.32 Å². The Balaban J connectivity index is 2.04. The molecule has 3 amide bonds. The second-order valence-corrected chi connectivity index (χ2v) is 7.40. The van der Waals surface area contributed by atoms with Gasteiger partial charge in [0.25, 0.3) is 11.8 Å². The van der Waals surface area contributed by atoms with Crippen LogP contribution in [0.25, 0.3) is 0 Å². The molecule has 1 saturated carbocycles. The Morgan fingerprint density at radius 3 is 2.38 bits per heavy atom. The molecule has 170 valence electrons. The number of hydrogen-bond acceptors (Lipinski definition) is 5. The second kappa shape index (κ2) is 9.73. The molecule has 1 aromatic carbocycles. The number of nitrogens with one attached hydrogen (secondary N) is 2. The lowest BCUT2D eigenvalue weighted by atomic mass is 9.94. The summed E-state index contributed by atoms with van der Waals surface area (Å²) >= 11 is 0. The van der Waals surface area contributed by atoms with Crippen molar-refractivity contribution in [1.82, 2.24) is 10.8 Å². The zero-order valence-electron chi connectivity index (χ0n) is 16.8. The molecule has 1 aliphatic carbocycles. The molecule has 0 bridgehead atoms. The molecule has 0 aliphatic heterocycles. The van der Waals surface area contributed by atoms with Crippen molar-refractivity contribution in [3.05, 3.63) is 35.4 Å². The molecule has 0 radical (unpaired) electrons. The van der Waals surface area contributed by atoms with Gasteiger partial charge in [-0.3, -0.25) is 19.6 Å². The van der Waals surface area contributed by atoms with E-state index in [0.717, 1.165) is 11.9 Å². The zero-order chi connectivity index (χ0) is 24.1. The largest absolute Gasteiger partial charge is 0.419 e. The van der Waals surface area contributed by atoms with Crippen molar-refractivity contribution < 1.29 is 37.9 Å². The van der Waals surface area contributed by atoms with E-state index in [0.29, 0.717) is 12.5 Å². The Bertz CT molecular complexity index is 1010. The summed E-state index contributed by atoms with van der Waals surface area (Å²) in [7, 11) is 0. The van der Waals surface area contributed by atoms with E-state index < -0.39 is 29.6 Å². The summed E-state index contributed by atoms with van der Waals surface area (Å²) in [5.74, 6) is 8.06. The Kier molecular flexibility index (Phi) is 7.52. The van der Waals surface area contributed by atoms with Crippen LogP contribution in [0.4, 0.5) is 13.2 Å². The van der Waals surface area contributed by atoms with Crippen molar-refractivity contribution in [2.45, 2.75) is 37.6 Å². The third-order valence-corrected chi connectivity index (χ3v) is 4.84. The van der Waals surface area contributed by atoms with Gasteiger partial charge < -0.3 is 16.2 Å². The molecule has 4 atom stereocenters. The normalized spacial score (nSPS) is 19.7. The minimum Gasteiger partial charge on any atom is -0.379 e. The van der Waals surface area contributed by atoms with E-state index in [-0.39, 0.29) is 29.7 Å². The Hall–Kier alpha value is -3.54. The molecule has 0 saturated heterocycles. The molecule has 1 aliphatic rings. The third kappa shape index (κ3) is 6.23. The number of aliphatic hydroxyl groups is 1. The first-order valence-electron chi connectivity index (χ1n) is 9.30. The summed E-state index contributed by atoms with van der Waals surface area (Å²) in [6, 6.07) is 2.84. The highest BCUT2D eigenvalue weighted by Gasteiger charge is 2.58. The van der Waals surface area contributed by atoms with Gasteiger partial charge in [-0.1, -0.05) is 11.8 Å². The Labute approximate surface area is 181 Å². The van der Waals surface area contributed by atoms with Crippen LogP contribution in [0.3, 0.4) is 0 Å². The average Bonchev–Trinajstić information content (AvgIpc) is 3.44. The van der Waals surface area contributed by atoms with Gasteiger partial charge in [0, 0.05) is 23.5 Å². The lowest BCUT2D eigenvalue weighted by Crippen LogP contribution is -2.64. The van der Waals surface area contributed by atoms with Gasteiger partial charge in [0.05, 0.1) is 0 Å². The van der Waals surface area contributed by atoms with Crippen LogP contribution >= 0.6 is 0 Å². The molecule has 11 heteroatoms. The van der Waals surface area contributed by atoms with Gasteiger partial charge >= 0.3 is 6.18 Å².